The van der Waals surface area contributed by atoms with Gasteiger partial charge in [-0.15, -0.1) is 0 Å². The summed E-state index contributed by atoms with van der Waals surface area (Å²) in [6, 6.07) is 16.7. The van der Waals surface area contributed by atoms with Crippen LogP contribution in [0.4, 0.5) is 5.69 Å². The number of rotatable bonds is 7. The molecule has 1 N–H and O–H groups in total. The lowest BCUT2D eigenvalue weighted by Crippen LogP contribution is -2.22. The molecule has 0 atom stereocenters. The Balaban J connectivity index is 1.72. The average Bonchev–Trinajstić information content (AvgIpc) is 2.71. The maximum absolute atomic E-state index is 12.5. The van der Waals surface area contributed by atoms with Crippen molar-refractivity contribution in [3.8, 4) is 11.4 Å². The normalized spacial score (nSPS) is 11.1. The van der Waals surface area contributed by atoms with Crippen LogP contribution in [0.3, 0.4) is 0 Å². The van der Waals surface area contributed by atoms with Crippen molar-refractivity contribution >= 4 is 23.5 Å². The molecule has 0 fully saturated rings. The van der Waals surface area contributed by atoms with Gasteiger partial charge in [-0.1, -0.05) is 55.8 Å². The van der Waals surface area contributed by atoms with E-state index in [1.165, 1.54) is 10.9 Å². The smallest absolute Gasteiger partial charge is 0.292 e. The molecule has 0 aliphatic heterocycles. The topological polar surface area (TPSA) is 68.5 Å². The Morgan fingerprint density at radius 2 is 2.00 bits per heavy atom. The highest BCUT2D eigenvalue weighted by Crippen LogP contribution is 2.17. The number of nitrogens with one attached hydrogen (secondary N) is 1. The molecule has 1 aromatic heterocycles. The van der Waals surface area contributed by atoms with Crippen LogP contribution in [0.5, 0.6) is 5.75 Å². The van der Waals surface area contributed by atoms with Crippen molar-refractivity contribution in [2.45, 2.75) is 13.8 Å². The molecule has 0 aliphatic rings. The molecule has 0 saturated heterocycles. The molecule has 0 saturated carbocycles. The number of anilines is 1. The Kier molecular flexibility index (Phi) is 6.45. The zero-order valence-corrected chi connectivity index (χ0v) is 16.4. The molecule has 2 aromatic carbocycles. The molecule has 144 valence electrons. The minimum atomic E-state index is -0.419. The van der Waals surface area contributed by atoms with E-state index >= 15 is 0 Å². The number of benzene rings is 2. The lowest BCUT2D eigenvalue weighted by Gasteiger charge is -2.09. The molecule has 3 aromatic rings. The molecular formula is C21H21ClN4O2. The van der Waals surface area contributed by atoms with Gasteiger partial charge in [0.15, 0.2) is 0 Å². The highest BCUT2D eigenvalue weighted by Gasteiger charge is 2.10. The van der Waals surface area contributed by atoms with Crippen LogP contribution in [0.2, 0.25) is 5.02 Å². The Morgan fingerprint density at radius 1 is 1.21 bits per heavy atom. The number of para-hydroxylation sites is 1. The summed E-state index contributed by atoms with van der Waals surface area (Å²) in [6.45, 7) is 4.84. The van der Waals surface area contributed by atoms with Gasteiger partial charge in [-0.25, -0.2) is 0 Å². The lowest BCUT2D eigenvalue weighted by molar-refractivity contribution is 0.271. The highest BCUT2D eigenvalue weighted by atomic mass is 35.5. The second-order valence-corrected chi connectivity index (χ2v) is 6.95. The van der Waals surface area contributed by atoms with E-state index in [0.717, 1.165) is 11.3 Å². The molecule has 6 nitrogen and oxygen atoms in total. The van der Waals surface area contributed by atoms with E-state index in [1.54, 1.807) is 18.3 Å². The van der Waals surface area contributed by atoms with Gasteiger partial charge in [0.2, 0.25) is 0 Å². The van der Waals surface area contributed by atoms with E-state index in [2.05, 4.69) is 29.5 Å². The van der Waals surface area contributed by atoms with Crippen molar-refractivity contribution in [1.82, 2.24) is 9.78 Å². The number of nitrogens with zero attached hydrogens (tertiary/aromatic N) is 3. The minimum Gasteiger partial charge on any atom is -0.493 e. The Hall–Kier alpha value is -3.12. The molecule has 28 heavy (non-hydrogen) atoms. The molecule has 0 radical (unpaired) electrons. The van der Waals surface area contributed by atoms with Crippen LogP contribution in [0.25, 0.3) is 5.69 Å². The van der Waals surface area contributed by atoms with Crippen molar-refractivity contribution < 1.29 is 4.74 Å². The number of halogens is 1. The summed E-state index contributed by atoms with van der Waals surface area (Å²) in [6.07, 6.45) is 3.09. The first-order chi connectivity index (χ1) is 13.5. The van der Waals surface area contributed by atoms with Crippen molar-refractivity contribution in [3.63, 3.8) is 0 Å². The van der Waals surface area contributed by atoms with Gasteiger partial charge in [-0.05, 0) is 35.7 Å². The summed E-state index contributed by atoms with van der Waals surface area (Å²) in [4.78, 5) is 12.5. The van der Waals surface area contributed by atoms with Crippen LogP contribution in [0.1, 0.15) is 19.4 Å². The summed E-state index contributed by atoms with van der Waals surface area (Å²) in [5.41, 5.74) is 4.19. The second-order valence-electron chi connectivity index (χ2n) is 6.57. The number of aromatic nitrogens is 2. The molecule has 0 bridgehead atoms. The largest absolute Gasteiger partial charge is 0.493 e. The first kappa shape index (κ1) is 19.6. The Bertz CT molecular complexity index is 1020. The Labute approximate surface area is 168 Å². The third-order valence-electron chi connectivity index (χ3n) is 3.76. The summed E-state index contributed by atoms with van der Waals surface area (Å²) < 4.78 is 6.95. The highest BCUT2D eigenvalue weighted by molar-refractivity contribution is 6.32. The van der Waals surface area contributed by atoms with Crippen LogP contribution in [0, 0.1) is 5.92 Å². The second kappa shape index (κ2) is 9.19. The van der Waals surface area contributed by atoms with Gasteiger partial charge < -0.3 is 4.74 Å². The van der Waals surface area contributed by atoms with E-state index in [-0.39, 0.29) is 5.02 Å². The van der Waals surface area contributed by atoms with Crippen LogP contribution in [-0.4, -0.2) is 22.6 Å². The maximum Gasteiger partial charge on any atom is 0.292 e. The molecule has 0 unspecified atom stereocenters. The zero-order valence-electron chi connectivity index (χ0n) is 15.7. The number of hydrogen-bond donors (Lipinski definition) is 1. The molecule has 0 amide bonds. The van der Waals surface area contributed by atoms with Gasteiger partial charge in [0.1, 0.15) is 16.5 Å². The van der Waals surface area contributed by atoms with Gasteiger partial charge in [0, 0.05) is 0 Å². The fraction of sp³-hybridized carbons (Fsp3) is 0.190. The number of ether oxygens (including phenoxy) is 1. The van der Waals surface area contributed by atoms with Crippen LogP contribution < -0.4 is 15.7 Å². The fourth-order valence-electron chi connectivity index (χ4n) is 2.39. The van der Waals surface area contributed by atoms with Gasteiger partial charge in [0.25, 0.3) is 5.56 Å². The number of hydrazone groups is 1. The fourth-order valence-corrected chi connectivity index (χ4v) is 2.56. The summed E-state index contributed by atoms with van der Waals surface area (Å²) in [5, 5.41) is 8.32. The third-order valence-corrected chi connectivity index (χ3v) is 4.12. The minimum absolute atomic E-state index is 0.0185. The molecule has 0 spiro atoms. The maximum atomic E-state index is 12.5. The van der Waals surface area contributed by atoms with E-state index in [4.69, 9.17) is 16.3 Å². The van der Waals surface area contributed by atoms with Crippen molar-refractivity contribution in [2.24, 2.45) is 11.0 Å². The molecular weight excluding hydrogens is 376 g/mol. The lowest BCUT2D eigenvalue weighted by atomic mass is 10.2. The molecule has 7 heteroatoms. The van der Waals surface area contributed by atoms with Crippen molar-refractivity contribution in [2.75, 3.05) is 12.0 Å². The van der Waals surface area contributed by atoms with Crippen LogP contribution in [-0.2, 0) is 0 Å². The summed E-state index contributed by atoms with van der Waals surface area (Å²) in [7, 11) is 0. The van der Waals surface area contributed by atoms with Crippen molar-refractivity contribution in [1.29, 1.82) is 0 Å². The number of hydrogen-bond acceptors (Lipinski definition) is 5. The van der Waals surface area contributed by atoms with Crippen LogP contribution >= 0.6 is 11.6 Å². The third kappa shape index (κ3) is 4.98. The summed E-state index contributed by atoms with van der Waals surface area (Å²) >= 11 is 6.20. The van der Waals surface area contributed by atoms with Crippen LogP contribution in [0.15, 0.2) is 70.7 Å². The SMILES string of the molecule is CC(C)COc1cccc(/C=N\Nc2cnn(-c3ccccc3)c(=O)c2Cl)c1. The molecule has 0 aliphatic carbocycles. The van der Waals surface area contributed by atoms with Gasteiger partial charge in [0.05, 0.1) is 24.7 Å². The Morgan fingerprint density at radius 3 is 2.75 bits per heavy atom. The van der Waals surface area contributed by atoms with E-state index in [1.807, 2.05) is 42.5 Å². The van der Waals surface area contributed by atoms with E-state index in [9.17, 15) is 4.79 Å². The summed E-state index contributed by atoms with van der Waals surface area (Å²) in [5.74, 6) is 1.23. The first-order valence-electron chi connectivity index (χ1n) is 8.90. The van der Waals surface area contributed by atoms with E-state index in [0.29, 0.717) is 23.9 Å². The van der Waals surface area contributed by atoms with Gasteiger partial charge in [-0.3, -0.25) is 10.2 Å². The first-order valence-corrected chi connectivity index (χ1v) is 9.27. The van der Waals surface area contributed by atoms with E-state index < -0.39 is 5.56 Å². The average molecular weight is 397 g/mol. The molecule has 1 heterocycles. The van der Waals surface area contributed by atoms with Gasteiger partial charge in [-0.2, -0.15) is 14.9 Å². The standard InChI is InChI=1S/C21H21ClN4O2/c1-15(2)14-28-18-10-6-7-16(11-18)12-23-25-19-13-24-26(21(27)20(19)22)17-8-4-3-5-9-17/h3-13,15,25H,14H2,1-2H3/b23-12-. The zero-order chi connectivity index (χ0) is 19.9. The quantitative estimate of drug-likeness (QED) is 0.475. The van der Waals surface area contributed by atoms with Crippen molar-refractivity contribution in [3.05, 3.63) is 81.7 Å². The predicted octanol–water partition coefficient (Wildman–Crippen LogP) is 4.37. The van der Waals surface area contributed by atoms with Gasteiger partial charge >= 0.3 is 0 Å². The predicted molar refractivity (Wildman–Crippen MR) is 113 cm³/mol. The molecule has 3 rings (SSSR count). The monoisotopic (exact) mass is 396 g/mol.